The number of rotatable bonds is 4. The summed E-state index contributed by atoms with van der Waals surface area (Å²) in [5.74, 6) is 0. The van der Waals surface area contributed by atoms with Gasteiger partial charge in [-0.05, 0) is 36.8 Å². The summed E-state index contributed by atoms with van der Waals surface area (Å²) in [5, 5.41) is 2.28. The van der Waals surface area contributed by atoms with E-state index < -0.39 is 0 Å². The van der Waals surface area contributed by atoms with Crippen LogP contribution in [0.1, 0.15) is 36.6 Å². The molecule has 0 unspecified atom stereocenters. The summed E-state index contributed by atoms with van der Waals surface area (Å²) in [6, 6.07) is 2.31. The summed E-state index contributed by atoms with van der Waals surface area (Å²) in [5.41, 5.74) is 1.53. The number of hydrogen-bond donors (Lipinski definition) is 0. The zero-order valence-electron chi connectivity index (χ0n) is 7.39. The van der Waals surface area contributed by atoms with E-state index in [1.165, 1.54) is 36.1 Å². The maximum Gasteiger partial charge on any atom is 0.00170 e. The molecular formula is C10H16S. The largest absolute Gasteiger partial charge is 0.149 e. The van der Waals surface area contributed by atoms with E-state index in [4.69, 9.17) is 0 Å². The Kier molecular flexibility index (Phi) is 3.64. The monoisotopic (exact) mass is 168 g/mol. The first-order chi connectivity index (χ1) is 5.33. The fraction of sp³-hybridized carbons (Fsp3) is 0.600. The Morgan fingerprint density at radius 3 is 2.73 bits per heavy atom. The minimum atomic E-state index is 1.28. The minimum absolute atomic E-state index is 1.28. The zero-order valence-corrected chi connectivity index (χ0v) is 8.21. The summed E-state index contributed by atoms with van der Waals surface area (Å²) in [7, 11) is 0. The van der Waals surface area contributed by atoms with Crippen LogP contribution in [0, 0.1) is 6.92 Å². The number of thiophene rings is 1. The van der Waals surface area contributed by atoms with Crippen LogP contribution in [0.2, 0.25) is 0 Å². The van der Waals surface area contributed by atoms with Crippen molar-refractivity contribution in [2.45, 2.75) is 39.5 Å². The smallest absolute Gasteiger partial charge is 0.00170 e. The van der Waals surface area contributed by atoms with Crippen molar-refractivity contribution in [1.29, 1.82) is 0 Å². The van der Waals surface area contributed by atoms with Crippen molar-refractivity contribution in [3.8, 4) is 0 Å². The van der Waals surface area contributed by atoms with Crippen LogP contribution >= 0.6 is 11.3 Å². The zero-order chi connectivity index (χ0) is 8.10. The normalized spacial score (nSPS) is 10.4. The Morgan fingerprint density at radius 1 is 1.36 bits per heavy atom. The molecule has 0 N–H and O–H groups in total. The average molecular weight is 168 g/mol. The standard InChI is InChI=1S/C10H16S/c1-3-4-5-6-10-7-9(2)11-8-10/h7-8H,3-6H2,1-2H3. The Hall–Kier alpha value is -0.300. The molecule has 1 heteroatoms. The highest BCUT2D eigenvalue weighted by Crippen LogP contribution is 2.15. The van der Waals surface area contributed by atoms with Crippen LogP contribution in [-0.2, 0) is 6.42 Å². The van der Waals surface area contributed by atoms with E-state index in [-0.39, 0.29) is 0 Å². The lowest BCUT2D eigenvalue weighted by molar-refractivity contribution is 0.718. The third kappa shape index (κ3) is 3.06. The van der Waals surface area contributed by atoms with Crippen molar-refractivity contribution in [1.82, 2.24) is 0 Å². The van der Waals surface area contributed by atoms with Crippen LogP contribution in [0.25, 0.3) is 0 Å². The molecule has 62 valence electrons. The third-order valence-corrected chi connectivity index (χ3v) is 2.76. The van der Waals surface area contributed by atoms with Gasteiger partial charge in [0.25, 0.3) is 0 Å². The second-order valence-corrected chi connectivity index (χ2v) is 4.14. The van der Waals surface area contributed by atoms with E-state index >= 15 is 0 Å². The van der Waals surface area contributed by atoms with E-state index in [0.29, 0.717) is 0 Å². The number of unbranched alkanes of at least 4 members (excludes halogenated alkanes) is 2. The molecule has 0 aliphatic rings. The predicted octanol–water partition coefficient (Wildman–Crippen LogP) is 3.79. The fourth-order valence-electron chi connectivity index (χ4n) is 1.21. The van der Waals surface area contributed by atoms with Gasteiger partial charge in [-0.3, -0.25) is 0 Å². The van der Waals surface area contributed by atoms with Gasteiger partial charge in [-0.15, -0.1) is 11.3 Å². The van der Waals surface area contributed by atoms with Crippen molar-refractivity contribution in [2.75, 3.05) is 0 Å². The molecule has 0 amide bonds. The highest BCUT2D eigenvalue weighted by atomic mass is 32.1. The summed E-state index contributed by atoms with van der Waals surface area (Å²) < 4.78 is 0. The molecule has 1 heterocycles. The molecule has 0 bridgehead atoms. The maximum atomic E-state index is 2.31. The molecule has 0 saturated heterocycles. The van der Waals surface area contributed by atoms with E-state index in [9.17, 15) is 0 Å². The van der Waals surface area contributed by atoms with E-state index in [2.05, 4.69) is 25.3 Å². The Bertz CT molecular complexity index is 200. The van der Waals surface area contributed by atoms with Gasteiger partial charge in [0.05, 0.1) is 0 Å². The van der Waals surface area contributed by atoms with Crippen LogP contribution in [0.5, 0.6) is 0 Å². The van der Waals surface area contributed by atoms with Gasteiger partial charge < -0.3 is 0 Å². The molecule has 0 radical (unpaired) electrons. The van der Waals surface area contributed by atoms with Crippen molar-refractivity contribution in [3.05, 3.63) is 21.9 Å². The Labute approximate surface area is 73.3 Å². The van der Waals surface area contributed by atoms with Gasteiger partial charge in [0.15, 0.2) is 0 Å². The van der Waals surface area contributed by atoms with Gasteiger partial charge in [-0.25, -0.2) is 0 Å². The molecule has 0 fully saturated rings. The second-order valence-electron chi connectivity index (χ2n) is 3.02. The molecule has 0 atom stereocenters. The van der Waals surface area contributed by atoms with Crippen LogP contribution in [0.3, 0.4) is 0 Å². The molecule has 0 nitrogen and oxygen atoms in total. The van der Waals surface area contributed by atoms with Crippen LogP contribution in [0.4, 0.5) is 0 Å². The molecule has 1 aromatic heterocycles. The first-order valence-electron chi connectivity index (χ1n) is 4.37. The maximum absolute atomic E-state index is 2.31. The Balaban J connectivity index is 2.27. The molecule has 0 aliphatic heterocycles. The molecule has 0 spiro atoms. The van der Waals surface area contributed by atoms with Crippen molar-refractivity contribution in [2.24, 2.45) is 0 Å². The van der Waals surface area contributed by atoms with Crippen LogP contribution in [0.15, 0.2) is 11.4 Å². The topological polar surface area (TPSA) is 0 Å². The third-order valence-electron chi connectivity index (χ3n) is 1.85. The van der Waals surface area contributed by atoms with Gasteiger partial charge in [0.1, 0.15) is 0 Å². The van der Waals surface area contributed by atoms with Crippen LogP contribution < -0.4 is 0 Å². The molecule has 0 saturated carbocycles. The SMILES string of the molecule is CCCCCc1csc(C)c1. The van der Waals surface area contributed by atoms with Crippen LogP contribution in [-0.4, -0.2) is 0 Å². The Morgan fingerprint density at radius 2 is 2.18 bits per heavy atom. The predicted molar refractivity (Wildman–Crippen MR) is 52.3 cm³/mol. The summed E-state index contributed by atoms with van der Waals surface area (Å²) >= 11 is 1.86. The lowest BCUT2D eigenvalue weighted by atomic mass is 10.1. The highest BCUT2D eigenvalue weighted by molar-refractivity contribution is 7.10. The molecule has 0 aliphatic carbocycles. The van der Waals surface area contributed by atoms with Crippen molar-refractivity contribution in [3.63, 3.8) is 0 Å². The summed E-state index contributed by atoms with van der Waals surface area (Å²) in [4.78, 5) is 1.44. The van der Waals surface area contributed by atoms with Crippen molar-refractivity contribution < 1.29 is 0 Å². The first kappa shape index (κ1) is 8.79. The van der Waals surface area contributed by atoms with Gasteiger partial charge >= 0.3 is 0 Å². The summed E-state index contributed by atoms with van der Waals surface area (Å²) in [6.45, 7) is 4.42. The molecule has 1 aromatic rings. The lowest BCUT2D eigenvalue weighted by Crippen LogP contribution is -1.80. The van der Waals surface area contributed by atoms with E-state index in [0.717, 1.165) is 0 Å². The molecule has 1 rings (SSSR count). The van der Waals surface area contributed by atoms with Gasteiger partial charge in [0, 0.05) is 4.88 Å². The lowest BCUT2D eigenvalue weighted by Gasteiger charge is -1.94. The average Bonchev–Trinajstić information content (AvgIpc) is 2.37. The van der Waals surface area contributed by atoms with Gasteiger partial charge in [-0.2, -0.15) is 0 Å². The van der Waals surface area contributed by atoms with E-state index in [1.54, 1.807) is 0 Å². The van der Waals surface area contributed by atoms with Gasteiger partial charge in [-0.1, -0.05) is 19.8 Å². The summed E-state index contributed by atoms with van der Waals surface area (Å²) in [6.07, 6.45) is 5.32. The fourth-order valence-corrected chi connectivity index (χ4v) is 1.95. The quantitative estimate of drug-likeness (QED) is 0.600. The highest BCUT2D eigenvalue weighted by Gasteiger charge is 1.94. The molecule has 0 aromatic carbocycles. The number of aryl methyl sites for hydroxylation is 2. The van der Waals surface area contributed by atoms with E-state index in [1.807, 2.05) is 11.3 Å². The van der Waals surface area contributed by atoms with Gasteiger partial charge in [0.2, 0.25) is 0 Å². The molecular weight excluding hydrogens is 152 g/mol. The van der Waals surface area contributed by atoms with Crippen molar-refractivity contribution >= 4 is 11.3 Å². The second kappa shape index (κ2) is 4.55. The molecule has 11 heavy (non-hydrogen) atoms. The first-order valence-corrected chi connectivity index (χ1v) is 5.25. The minimum Gasteiger partial charge on any atom is -0.149 e. The number of hydrogen-bond acceptors (Lipinski definition) is 1.